The van der Waals surface area contributed by atoms with E-state index >= 15 is 0 Å². The smallest absolute Gasteiger partial charge is 0.374 e. The molecule has 2 aromatic rings. The van der Waals surface area contributed by atoms with Crippen LogP contribution in [-0.2, 0) is 15.2 Å². The molecule has 152 valence electrons. The van der Waals surface area contributed by atoms with E-state index in [1.807, 2.05) is 0 Å². The zero-order valence-electron chi connectivity index (χ0n) is 15.1. The average Bonchev–Trinajstić information content (AvgIpc) is 3.11. The maximum atomic E-state index is 13.8. The molecule has 2 atom stereocenters. The largest absolute Gasteiger partial charge is 0.424 e. The molecule has 0 spiro atoms. The fourth-order valence-electron chi connectivity index (χ4n) is 3.34. The quantitative estimate of drug-likeness (QED) is 0.804. The molecule has 1 aliphatic heterocycles. The summed E-state index contributed by atoms with van der Waals surface area (Å²) < 4.78 is 42.0. The van der Waals surface area contributed by atoms with Gasteiger partial charge in [0.15, 0.2) is 0 Å². The minimum Gasteiger partial charge on any atom is -0.374 e. The third-order valence-corrected chi connectivity index (χ3v) is 6.08. The molecule has 2 unspecified atom stereocenters. The predicted molar refractivity (Wildman–Crippen MR) is 97.6 cm³/mol. The molecule has 3 rings (SSSR count). The van der Waals surface area contributed by atoms with Gasteiger partial charge in [-0.25, -0.2) is 4.98 Å². The summed E-state index contributed by atoms with van der Waals surface area (Å²) in [6, 6.07) is 5.59. The maximum Gasteiger partial charge on any atom is 0.424 e. The second-order valence-electron chi connectivity index (χ2n) is 6.73. The molecule has 28 heavy (non-hydrogen) atoms. The number of likely N-dealkylation sites (tertiary alicyclic amines) is 1. The summed E-state index contributed by atoms with van der Waals surface area (Å²) >= 11 is 0.700. The van der Waals surface area contributed by atoms with Gasteiger partial charge in [0, 0.05) is 13.6 Å². The van der Waals surface area contributed by atoms with Crippen LogP contribution in [0.15, 0.2) is 24.3 Å². The molecule has 1 aliphatic rings. The molecule has 1 saturated heterocycles. The average molecular weight is 415 g/mol. The highest BCUT2D eigenvalue weighted by molar-refractivity contribution is 7.18. The van der Waals surface area contributed by atoms with Crippen molar-refractivity contribution < 1.29 is 27.9 Å². The van der Waals surface area contributed by atoms with E-state index in [1.54, 1.807) is 24.3 Å². The van der Waals surface area contributed by atoms with Crippen LogP contribution in [0.2, 0.25) is 0 Å². The lowest BCUT2D eigenvalue weighted by molar-refractivity contribution is -0.268. The molecular weight excluding hydrogens is 395 g/mol. The summed E-state index contributed by atoms with van der Waals surface area (Å²) in [6.45, 7) is 0.171. The molecule has 2 heterocycles. The highest BCUT2D eigenvalue weighted by atomic mass is 32.1. The highest BCUT2D eigenvalue weighted by Gasteiger charge is 2.59. The summed E-state index contributed by atoms with van der Waals surface area (Å²) in [4.78, 5) is 29.8. The number of benzene rings is 1. The Bertz CT molecular complexity index is 853. The number of nitrogens with one attached hydrogen (secondary N) is 1. The van der Waals surface area contributed by atoms with Gasteiger partial charge in [-0.15, -0.1) is 11.3 Å². The molecule has 0 saturated carbocycles. The lowest BCUT2D eigenvalue weighted by atomic mass is 9.95. The minimum atomic E-state index is -5.10. The third-order valence-electron chi connectivity index (χ3n) is 4.90. The zero-order chi connectivity index (χ0) is 20.5. The van der Waals surface area contributed by atoms with E-state index in [1.165, 1.54) is 7.05 Å². The maximum absolute atomic E-state index is 13.8. The Balaban J connectivity index is 1.94. The number of fused-ring (bicyclic) bond motifs is 1. The minimum absolute atomic E-state index is 0.171. The molecule has 10 heteroatoms. The number of carbonyl (C=O) groups is 2. The molecule has 6 nitrogen and oxygen atoms in total. The van der Waals surface area contributed by atoms with Crippen LogP contribution in [0.3, 0.4) is 0 Å². The Hall–Kier alpha value is -2.20. The highest BCUT2D eigenvalue weighted by Crippen LogP contribution is 2.44. The van der Waals surface area contributed by atoms with Gasteiger partial charge >= 0.3 is 6.18 Å². The van der Waals surface area contributed by atoms with E-state index in [0.29, 0.717) is 40.8 Å². The number of alkyl halides is 3. The molecule has 0 bridgehead atoms. The summed E-state index contributed by atoms with van der Waals surface area (Å²) in [5.74, 6) is -1.35. The van der Waals surface area contributed by atoms with Crippen molar-refractivity contribution in [2.75, 3.05) is 13.6 Å². The van der Waals surface area contributed by atoms with Crippen LogP contribution in [0.5, 0.6) is 0 Å². The van der Waals surface area contributed by atoms with Crippen molar-refractivity contribution in [3.05, 3.63) is 29.3 Å². The molecule has 1 aromatic heterocycles. The van der Waals surface area contributed by atoms with Crippen LogP contribution in [-0.4, -0.2) is 52.6 Å². The number of amides is 2. The normalized spacial score (nSPS) is 20.0. The number of hydrogen-bond donors (Lipinski definition) is 2. The molecule has 0 aliphatic carbocycles. The standard InChI is InChI=1S/C18H20F3N3O3S/c1-22-15(26)12-7-4-5-9-24(12)14(25)10-17(27,18(19,20)21)16-23-11-6-2-3-8-13(11)28-16/h2-3,6,8,12,27H,4-5,7,9-10H2,1H3,(H,22,26). The first-order chi connectivity index (χ1) is 13.2. The summed E-state index contributed by atoms with van der Waals surface area (Å²) in [5, 5.41) is 12.4. The van der Waals surface area contributed by atoms with Crippen LogP contribution >= 0.6 is 11.3 Å². The number of aromatic nitrogens is 1. The molecule has 1 fully saturated rings. The first-order valence-corrected chi connectivity index (χ1v) is 9.65. The molecular formula is C18H20F3N3O3S. The number of para-hydroxylation sites is 1. The van der Waals surface area contributed by atoms with Gasteiger partial charge in [0.2, 0.25) is 17.4 Å². The van der Waals surface area contributed by atoms with Crippen molar-refractivity contribution in [2.45, 2.75) is 43.5 Å². The topological polar surface area (TPSA) is 82.5 Å². The predicted octanol–water partition coefficient (Wildman–Crippen LogP) is 2.56. The van der Waals surface area contributed by atoms with Gasteiger partial charge in [-0.2, -0.15) is 13.2 Å². The van der Waals surface area contributed by atoms with E-state index in [4.69, 9.17) is 0 Å². The molecule has 1 aromatic carbocycles. The monoisotopic (exact) mass is 415 g/mol. The van der Waals surface area contributed by atoms with Crippen molar-refractivity contribution in [3.63, 3.8) is 0 Å². The Morgan fingerprint density at radius 2 is 2.04 bits per heavy atom. The molecule has 2 N–H and O–H groups in total. The summed E-state index contributed by atoms with van der Waals surface area (Å²) in [5.41, 5.74) is -3.10. The van der Waals surface area contributed by atoms with Crippen LogP contribution in [0.25, 0.3) is 10.2 Å². The fraction of sp³-hybridized carbons (Fsp3) is 0.500. The number of likely N-dealkylation sites (N-methyl/N-ethyl adjacent to an activating group) is 1. The number of carbonyl (C=O) groups excluding carboxylic acids is 2. The third kappa shape index (κ3) is 3.70. The van der Waals surface area contributed by atoms with Crippen molar-refractivity contribution in [1.82, 2.24) is 15.2 Å². The first kappa shape index (κ1) is 20.5. The second kappa shape index (κ2) is 7.67. The zero-order valence-corrected chi connectivity index (χ0v) is 15.9. The Morgan fingerprint density at radius 1 is 1.32 bits per heavy atom. The van der Waals surface area contributed by atoms with Crippen molar-refractivity contribution in [3.8, 4) is 0 Å². The molecule has 2 amide bonds. The lowest BCUT2D eigenvalue weighted by Gasteiger charge is -2.37. The number of rotatable bonds is 4. The Kier molecular flexibility index (Phi) is 5.62. The van der Waals surface area contributed by atoms with Crippen LogP contribution in [0, 0.1) is 0 Å². The van der Waals surface area contributed by atoms with Crippen molar-refractivity contribution >= 4 is 33.4 Å². The second-order valence-corrected chi connectivity index (χ2v) is 7.77. The Labute approximate surface area is 163 Å². The van der Waals surface area contributed by atoms with E-state index in [-0.39, 0.29) is 6.54 Å². The Morgan fingerprint density at radius 3 is 2.68 bits per heavy atom. The van der Waals surface area contributed by atoms with Gasteiger partial charge in [0.1, 0.15) is 11.0 Å². The van der Waals surface area contributed by atoms with Crippen LogP contribution < -0.4 is 5.32 Å². The number of hydrogen-bond acceptors (Lipinski definition) is 5. The SMILES string of the molecule is CNC(=O)C1CCCCN1C(=O)CC(O)(c1nc2ccccc2s1)C(F)(F)F. The van der Waals surface area contributed by atoms with E-state index in [9.17, 15) is 27.9 Å². The number of aliphatic hydroxyl groups is 1. The summed E-state index contributed by atoms with van der Waals surface area (Å²) in [6.07, 6.45) is -4.66. The van der Waals surface area contributed by atoms with Gasteiger partial charge < -0.3 is 15.3 Å². The number of thiazole rings is 1. The van der Waals surface area contributed by atoms with Gasteiger partial charge in [-0.3, -0.25) is 9.59 Å². The van der Waals surface area contributed by atoms with Gasteiger partial charge in [-0.05, 0) is 31.4 Å². The van der Waals surface area contributed by atoms with Gasteiger partial charge in [-0.1, -0.05) is 12.1 Å². The summed E-state index contributed by atoms with van der Waals surface area (Å²) in [7, 11) is 1.41. The van der Waals surface area contributed by atoms with E-state index in [0.717, 1.165) is 4.90 Å². The van der Waals surface area contributed by atoms with Crippen molar-refractivity contribution in [1.29, 1.82) is 0 Å². The first-order valence-electron chi connectivity index (χ1n) is 8.83. The van der Waals surface area contributed by atoms with Crippen LogP contribution in [0.1, 0.15) is 30.7 Å². The van der Waals surface area contributed by atoms with Crippen molar-refractivity contribution in [2.24, 2.45) is 0 Å². The van der Waals surface area contributed by atoms with E-state index < -0.39 is 41.1 Å². The number of piperidine rings is 1. The molecule has 0 radical (unpaired) electrons. The van der Waals surface area contributed by atoms with E-state index in [2.05, 4.69) is 10.3 Å². The van der Waals surface area contributed by atoms with Gasteiger partial charge in [0.25, 0.3) is 0 Å². The fourth-order valence-corrected chi connectivity index (χ4v) is 4.41. The van der Waals surface area contributed by atoms with Gasteiger partial charge in [0.05, 0.1) is 16.6 Å². The lowest BCUT2D eigenvalue weighted by Crippen LogP contribution is -2.54. The number of halogens is 3. The van der Waals surface area contributed by atoms with Crippen LogP contribution in [0.4, 0.5) is 13.2 Å². The number of nitrogens with zero attached hydrogens (tertiary/aromatic N) is 2.